The monoisotopic (exact) mass is 473 g/mol. The summed E-state index contributed by atoms with van der Waals surface area (Å²) in [6, 6.07) is 11.1. The molecule has 26 heavy (non-hydrogen) atoms. The standard InChI is InChI=1S/C18H13Br2N5O/c19-13-3-6-17-23-15(11-24(17)9-13)8-21-18(26)12-1-4-16(5-2-12)25-10-14(20)7-22-25/h1-7,9-11H,8H2,(H,21,26). The summed E-state index contributed by atoms with van der Waals surface area (Å²) in [6.45, 7) is 0.367. The second kappa shape index (κ2) is 7.05. The quantitative estimate of drug-likeness (QED) is 0.486. The SMILES string of the molecule is O=C(NCc1cn2cc(Br)ccc2n1)c1ccc(-n2cc(Br)cn2)cc1. The minimum atomic E-state index is -0.142. The Kier molecular flexibility index (Phi) is 4.60. The number of imidazole rings is 1. The van der Waals surface area contributed by atoms with Crippen molar-refractivity contribution in [2.24, 2.45) is 0 Å². The third kappa shape index (κ3) is 3.56. The van der Waals surface area contributed by atoms with Gasteiger partial charge < -0.3 is 9.72 Å². The van der Waals surface area contributed by atoms with E-state index in [4.69, 9.17) is 0 Å². The van der Waals surface area contributed by atoms with Crippen LogP contribution in [0.15, 0.2) is 70.1 Å². The zero-order chi connectivity index (χ0) is 18.1. The Balaban J connectivity index is 1.44. The van der Waals surface area contributed by atoms with Crippen molar-refractivity contribution in [1.29, 1.82) is 0 Å². The summed E-state index contributed by atoms with van der Waals surface area (Å²) in [4.78, 5) is 16.8. The summed E-state index contributed by atoms with van der Waals surface area (Å²) >= 11 is 6.80. The smallest absolute Gasteiger partial charge is 0.251 e. The van der Waals surface area contributed by atoms with Crippen molar-refractivity contribution in [3.63, 3.8) is 0 Å². The van der Waals surface area contributed by atoms with Crippen LogP contribution in [0.2, 0.25) is 0 Å². The van der Waals surface area contributed by atoms with Crippen LogP contribution in [0, 0.1) is 0 Å². The van der Waals surface area contributed by atoms with E-state index in [0.29, 0.717) is 12.1 Å². The van der Waals surface area contributed by atoms with E-state index in [1.54, 1.807) is 23.0 Å². The van der Waals surface area contributed by atoms with Crippen molar-refractivity contribution in [1.82, 2.24) is 24.5 Å². The van der Waals surface area contributed by atoms with Crippen molar-refractivity contribution in [3.8, 4) is 5.69 Å². The lowest BCUT2D eigenvalue weighted by atomic mass is 10.2. The van der Waals surface area contributed by atoms with Crippen LogP contribution < -0.4 is 5.32 Å². The second-order valence-corrected chi connectivity index (χ2v) is 7.51. The Hall–Kier alpha value is -2.45. The highest BCUT2D eigenvalue weighted by Gasteiger charge is 2.08. The first-order chi connectivity index (χ1) is 12.6. The average molecular weight is 475 g/mol. The highest BCUT2D eigenvalue weighted by Crippen LogP contribution is 2.14. The number of rotatable bonds is 4. The van der Waals surface area contributed by atoms with Gasteiger partial charge in [0.15, 0.2) is 0 Å². The third-order valence-corrected chi connectivity index (χ3v) is 4.72. The van der Waals surface area contributed by atoms with Gasteiger partial charge in [-0.3, -0.25) is 4.79 Å². The van der Waals surface area contributed by atoms with E-state index in [-0.39, 0.29) is 5.91 Å². The highest BCUT2D eigenvalue weighted by molar-refractivity contribution is 9.10. The van der Waals surface area contributed by atoms with Crippen LogP contribution >= 0.6 is 31.9 Å². The van der Waals surface area contributed by atoms with Gasteiger partial charge >= 0.3 is 0 Å². The molecule has 0 spiro atoms. The number of benzene rings is 1. The molecule has 3 aromatic heterocycles. The summed E-state index contributed by atoms with van der Waals surface area (Å²) in [5.41, 5.74) is 3.12. The second-order valence-electron chi connectivity index (χ2n) is 5.68. The number of carbonyl (C=O) groups excluding carboxylic acids is 1. The molecular weight excluding hydrogens is 462 g/mol. The lowest BCUT2D eigenvalue weighted by Crippen LogP contribution is -2.22. The highest BCUT2D eigenvalue weighted by atomic mass is 79.9. The summed E-state index contributed by atoms with van der Waals surface area (Å²) in [5.74, 6) is -0.142. The normalized spacial score (nSPS) is 11.0. The fraction of sp³-hybridized carbons (Fsp3) is 0.0556. The molecule has 8 heteroatoms. The van der Waals surface area contributed by atoms with Gasteiger partial charge in [0.2, 0.25) is 0 Å². The zero-order valence-corrected chi connectivity index (χ0v) is 16.6. The topological polar surface area (TPSA) is 64.2 Å². The molecule has 4 aromatic rings. The predicted octanol–water partition coefficient (Wildman–Crippen LogP) is 3.98. The Labute approximate surface area is 166 Å². The maximum absolute atomic E-state index is 12.4. The molecule has 1 aromatic carbocycles. The molecule has 0 bridgehead atoms. The van der Waals surface area contributed by atoms with E-state index in [2.05, 4.69) is 47.3 Å². The predicted molar refractivity (Wildman–Crippen MR) is 105 cm³/mol. The minimum Gasteiger partial charge on any atom is -0.346 e. The first kappa shape index (κ1) is 17.0. The Morgan fingerprint density at radius 3 is 2.54 bits per heavy atom. The minimum absolute atomic E-state index is 0.142. The van der Waals surface area contributed by atoms with Gasteiger partial charge in [0.25, 0.3) is 5.91 Å². The Morgan fingerprint density at radius 1 is 1.00 bits per heavy atom. The van der Waals surface area contributed by atoms with Gasteiger partial charge in [0.05, 0.1) is 28.6 Å². The van der Waals surface area contributed by atoms with Gasteiger partial charge in [-0.25, -0.2) is 9.67 Å². The molecule has 0 unspecified atom stereocenters. The number of amides is 1. The number of hydrogen-bond donors (Lipinski definition) is 1. The molecule has 0 fully saturated rings. The molecule has 0 aliphatic rings. The molecule has 1 amide bonds. The Bertz CT molecular complexity index is 1080. The average Bonchev–Trinajstić information content (AvgIpc) is 3.25. The molecule has 6 nitrogen and oxygen atoms in total. The number of halogens is 2. The maximum Gasteiger partial charge on any atom is 0.251 e. The van der Waals surface area contributed by atoms with E-state index in [1.165, 1.54) is 0 Å². The maximum atomic E-state index is 12.4. The molecule has 0 atom stereocenters. The van der Waals surface area contributed by atoms with Crippen LogP contribution in [-0.4, -0.2) is 25.1 Å². The van der Waals surface area contributed by atoms with Gasteiger partial charge in [0, 0.05) is 28.6 Å². The van der Waals surface area contributed by atoms with Crippen molar-refractivity contribution < 1.29 is 4.79 Å². The largest absolute Gasteiger partial charge is 0.346 e. The molecule has 1 N–H and O–H groups in total. The molecule has 0 aliphatic carbocycles. The summed E-state index contributed by atoms with van der Waals surface area (Å²) in [7, 11) is 0. The van der Waals surface area contributed by atoms with Crippen LogP contribution in [0.25, 0.3) is 11.3 Å². The van der Waals surface area contributed by atoms with Gasteiger partial charge in [-0.1, -0.05) is 0 Å². The van der Waals surface area contributed by atoms with Crippen LogP contribution in [0.1, 0.15) is 16.1 Å². The fourth-order valence-electron chi connectivity index (χ4n) is 2.58. The van der Waals surface area contributed by atoms with Crippen molar-refractivity contribution >= 4 is 43.4 Å². The summed E-state index contributed by atoms with van der Waals surface area (Å²) in [5, 5.41) is 7.12. The van der Waals surface area contributed by atoms with E-state index in [9.17, 15) is 4.79 Å². The molecule has 130 valence electrons. The number of pyridine rings is 1. The molecule has 0 radical (unpaired) electrons. The van der Waals surface area contributed by atoms with E-state index >= 15 is 0 Å². The van der Waals surface area contributed by atoms with Crippen LogP contribution in [0.3, 0.4) is 0 Å². The molecule has 0 aliphatic heterocycles. The lowest BCUT2D eigenvalue weighted by molar-refractivity contribution is 0.0950. The number of fused-ring (bicyclic) bond motifs is 1. The van der Waals surface area contributed by atoms with Crippen LogP contribution in [0.4, 0.5) is 0 Å². The zero-order valence-electron chi connectivity index (χ0n) is 13.4. The number of carbonyl (C=O) groups is 1. The van der Waals surface area contributed by atoms with Crippen molar-refractivity contribution in [2.75, 3.05) is 0 Å². The molecule has 0 saturated heterocycles. The summed E-state index contributed by atoms with van der Waals surface area (Å²) in [6.07, 6.45) is 7.41. The number of nitrogens with one attached hydrogen (secondary N) is 1. The van der Waals surface area contributed by atoms with Crippen molar-refractivity contribution in [3.05, 3.63) is 81.4 Å². The van der Waals surface area contributed by atoms with Gasteiger partial charge in [0.1, 0.15) is 5.65 Å². The Morgan fingerprint density at radius 2 is 1.81 bits per heavy atom. The first-order valence-electron chi connectivity index (χ1n) is 7.80. The fourth-order valence-corrected chi connectivity index (χ4v) is 3.22. The molecule has 0 saturated carbocycles. The molecule has 3 heterocycles. The third-order valence-electron chi connectivity index (χ3n) is 3.84. The van der Waals surface area contributed by atoms with Gasteiger partial charge in [-0.2, -0.15) is 5.10 Å². The molecular formula is C18H13Br2N5O. The number of hydrogen-bond acceptors (Lipinski definition) is 3. The number of nitrogens with zero attached hydrogens (tertiary/aromatic N) is 4. The van der Waals surface area contributed by atoms with E-state index in [0.717, 1.165) is 26.0 Å². The van der Waals surface area contributed by atoms with Crippen LogP contribution in [-0.2, 0) is 6.54 Å². The van der Waals surface area contributed by atoms with Gasteiger partial charge in [-0.05, 0) is 68.3 Å². The van der Waals surface area contributed by atoms with Gasteiger partial charge in [-0.15, -0.1) is 0 Å². The molecule has 4 rings (SSSR count). The van der Waals surface area contributed by atoms with Crippen molar-refractivity contribution in [2.45, 2.75) is 6.54 Å². The number of aromatic nitrogens is 4. The lowest BCUT2D eigenvalue weighted by Gasteiger charge is -2.05. The first-order valence-corrected chi connectivity index (χ1v) is 9.39. The van der Waals surface area contributed by atoms with Crippen LogP contribution in [0.5, 0.6) is 0 Å². The summed E-state index contributed by atoms with van der Waals surface area (Å²) < 4.78 is 5.53. The van der Waals surface area contributed by atoms with E-state index < -0.39 is 0 Å². The van der Waals surface area contributed by atoms with E-state index in [1.807, 2.05) is 47.3 Å².